The molecule has 2 aromatic carbocycles. The summed E-state index contributed by atoms with van der Waals surface area (Å²) < 4.78 is 16.0. The van der Waals surface area contributed by atoms with Crippen LogP contribution in [0.4, 0.5) is 4.79 Å². The van der Waals surface area contributed by atoms with Crippen molar-refractivity contribution in [1.29, 1.82) is 0 Å². The lowest BCUT2D eigenvalue weighted by Crippen LogP contribution is -2.54. The minimum atomic E-state index is -0.529. The monoisotopic (exact) mass is 524 g/mol. The highest BCUT2D eigenvalue weighted by molar-refractivity contribution is 7.99. The lowest BCUT2D eigenvalue weighted by Gasteiger charge is -2.37. The minimum Gasteiger partial charge on any atom is -0.497 e. The van der Waals surface area contributed by atoms with Gasteiger partial charge in [0.1, 0.15) is 17.4 Å². The molecule has 0 spiro atoms. The summed E-state index contributed by atoms with van der Waals surface area (Å²) in [5.74, 6) is 0.768. The molecule has 10 heteroatoms. The van der Waals surface area contributed by atoms with Crippen LogP contribution in [0.1, 0.15) is 18.9 Å². The fourth-order valence-corrected chi connectivity index (χ4v) is 5.10. The Morgan fingerprint density at radius 2 is 1.97 bits per heavy atom. The molecule has 37 heavy (non-hydrogen) atoms. The molecule has 1 saturated heterocycles. The Labute approximate surface area is 220 Å². The van der Waals surface area contributed by atoms with Crippen molar-refractivity contribution in [2.45, 2.75) is 31.0 Å². The third kappa shape index (κ3) is 7.56. The molecule has 0 radical (unpaired) electrons. The second-order valence-corrected chi connectivity index (χ2v) is 9.79. The molecule has 1 aliphatic heterocycles. The van der Waals surface area contributed by atoms with Gasteiger partial charge < -0.3 is 24.4 Å². The molecule has 1 aromatic heterocycles. The first-order valence-corrected chi connectivity index (χ1v) is 13.3. The first kappa shape index (κ1) is 26.7. The summed E-state index contributed by atoms with van der Waals surface area (Å²) in [7, 11) is 1.63. The summed E-state index contributed by atoms with van der Waals surface area (Å²) in [6, 6.07) is 14.8. The maximum absolute atomic E-state index is 12.7. The average molecular weight is 525 g/mol. The largest absolute Gasteiger partial charge is 0.497 e. The van der Waals surface area contributed by atoms with Crippen molar-refractivity contribution >= 4 is 34.9 Å². The van der Waals surface area contributed by atoms with Gasteiger partial charge in [-0.25, -0.2) is 9.78 Å². The fourth-order valence-electron chi connectivity index (χ4n) is 4.25. The van der Waals surface area contributed by atoms with E-state index in [9.17, 15) is 9.59 Å². The van der Waals surface area contributed by atoms with Gasteiger partial charge in [0.25, 0.3) is 0 Å². The summed E-state index contributed by atoms with van der Waals surface area (Å²) in [5.41, 5.74) is 2.51. The SMILES string of the molecule is CCOC(=O)[C@H]1CN(CCSc2cnc3ccc(OC)cc3n2)CC[C@H]1NC(=O)OCc1ccccc1. The van der Waals surface area contributed by atoms with Crippen LogP contribution in [0.15, 0.2) is 59.8 Å². The average Bonchev–Trinajstić information content (AvgIpc) is 2.93. The number of hydrogen-bond acceptors (Lipinski definition) is 9. The Bertz CT molecular complexity index is 1200. The molecule has 196 valence electrons. The highest BCUT2D eigenvalue weighted by atomic mass is 32.2. The van der Waals surface area contributed by atoms with Gasteiger partial charge in [0.15, 0.2) is 0 Å². The minimum absolute atomic E-state index is 0.178. The predicted molar refractivity (Wildman–Crippen MR) is 142 cm³/mol. The molecule has 1 N–H and O–H groups in total. The number of piperidine rings is 1. The molecule has 4 rings (SSSR count). The molecule has 0 aliphatic carbocycles. The van der Waals surface area contributed by atoms with E-state index < -0.39 is 12.0 Å². The molecular weight excluding hydrogens is 492 g/mol. The van der Waals surface area contributed by atoms with E-state index in [1.165, 1.54) is 0 Å². The number of fused-ring (bicyclic) bond motifs is 1. The van der Waals surface area contributed by atoms with Crippen molar-refractivity contribution in [3.05, 3.63) is 60.3 Å². The predicted octanol–water partition coefficient (Wildman–Crippen LogP) is 3.91. The number of likely N-dealkylation sites (tertiary alicyclic amines) is 1. The number of nitrogens with one attached hydrogen (secondary N) is 1. The number of thioether (sulfide) groups is 1. The zero-order valence-electron chi connectivity index (χ0n) is 21.1. The van der Waals surface area contributed by atoms with E-state index in [4.69, 9.17) is 14.2 Å². The maximum atomic E-state index is 12.7. The first-order chi connectivity index (χ1) is 18.1. The van der Waals surface area contributed by atoms with Gasteiger partial charge in [-0.1, -0.05) is 30.3 Å². The number of aromatic nitrogens is 2. The molecule has 0 bridgehead atoms. The Morgan fingerprint density at radius 3 is 2.76 bits per heavy atom. The van der Waals surface area contributed by atoms with Crippen LogP contribution >= 0.6 is 11.8 Å². The number of alkyl carbamates (subject to hydrolysis) is 1. The van der Waals surface area contributed by atoms with Crippen LogP contribution in [0, 0.1) is 5.92 Å². The molecular formula is C27H32N4O5S. The van der Waals surface area contributed by atoms with Gasteiger partial charge in [-0.05, 0) is 31.0 Å². The van der Waals surface area contributed by atoms with Crippen molar-refractivity contribution in [2.75, 3.05) is 39.1 Å². The van der Waals surface area contributed by atoms with Crippen LogP contribution in [0.2, 0.25) is 0 Å². The lowest BCUT2D eigenvalue weighted by atomic mass is 9.92. The Balaban J connectivity index is 1.29. The third-order valence-electron chi connectivity index (χ3n) is 6.19. The van der Waals surface area contributed by atoms with Gasteiger partial charge in [0, 0.05) is 37.5 Å². The van der Waals surface area contributed by atoms with Gasteiger partial charge in [-0.3, -0.25) is 9.78 Å². The number of carbonyl (C=O) groups is 2. The number of ether oxygens (including phenoxy) is 3. The van der Waals surface area contributed by atoms with Crippen LogP contribution in [0.5, 0.6) is 5.75 Å². The number of methoxy groups -OCH3 is 1. The number of carbonyl (C=O) groups excluding carboxylic acids is 2. The zero-order valence-corrected chi connectivity index (χ0v) is 21.9. The summed E-state index contributed by atoms with van der Waals surface area (Å²) in [6.45, 7) is 4.28. The number of esters is 1. The zero-order chi connectivity index (χ0) is 26.0. The highest BCUT2D eigenvalue weighted by Gasteiger charge is 2.36. The molecule has 2 heterocycles. The molecule has 1 aliphatic rings. The number of amides is 1. The van der Waals surface area contributed by atoms with E-state index >= 15 is 0 Å². The van der Waals surface area contributed by atoms with E-state index in [-0.39, 0.29) is 18.6 Å². The molecule has 3 aromatic rings. The van der Waals surface area contributed by atoms with E-state index in [2.05, 4.69) is 20.2 Å². The maximum Gasteiger partial charge on any atom is 0.407 e. The number of benzene rings is 2. The van der Waals surface area contributed by atoms with E-state index in [0.29, 0.717) is 19.6 Å². The topological polar surface area (TPSA) is 103 Å². The van der Waals surface area contributed by atoms with Crippen LogP contribution in [0.25, 0.3) is 11.0 Å². The number of hydrogen-bond donors (Lipinski definition) is 1. The summed E-state index contributed by atoms with van der Waals surface area (Å²) in [6.07, 6.45) is 1.88. The Hall–Kier alpha value is -3.37. The quantitative estimate of drug-likeness (QED) is 0.312. The van der Waals surface area contributed by atoms with Gasteiger partial charge in [0.05, 0.1) is 36.9 Å². The Kier molecular flexibility index (Phi) is 9.56. The molecule has 1 amide bonds. The van der Waals surface area contributed by atoms with Crippen molar-refractivity contribution in [1.82, 2.24) is 20.2 Å². The fraction of sp³-hybridized carbons (Fsp3) is 0.407. The normalized spacial score (nSPS) is 17.8. The molecule has 1 fully saturated rings. The first-order valence-electron chi connectivity index (χ1n) is 12.4. The summed E-state index contributed by atoms with van der Waals surface area (Å²) >= 11 is 1.62. The van der Waals surface area contributed by atoms with E-state index in [0.717, 1.165) is 46.2 Å². The lowest BCUT2D eigenvalue weighted by molar-refractivity contribution is -0.150. The van der Waals surface area contributed by atoms with Crippen molar-refractivity contribution in [2.24, 2.45) is 5.92 Å². The Morgan fingerprint density at radius 1 is 1.14 bits per heavy atom. The van der Waals surface area contributed by atoms with Crippen LogP contribution in [-0.2, 0) is 20.9 Å². The molecule has 9 nitrogen and oxygen atoms in total. The number of rotatable bonds is 10. The van der Waals surface area contributed by atoms with Crippen molar-refractivity contribution in [3.8, 4) is 5.75 Å². The van der Waals surface area contributed by atoms with Gasteiger partial charge in [0.2, 0.25) is 0 Å². The van der Waals surface area contributed by atoms with Crippen LogP contribution < -0.4 is 10.1 Å². The van der Waals surface area contributed by atoms with Gasteiger partial charge in [-0.15, -0.1) is 11.8 Å². The second kappa shape index (κ2) is 13.3. The van der Waals surface area contributed by atoms with Crippen LogP contribution in [-0.4, -0.2) is 72.1 Å². The van der Waals surface area contributed by atoms with Crippen LogP contribution in [0.3, 0.4) is 0 Å². The van der Waals surface area contributed by atoms with Crippen molar-refractivity contribution in [3.63, 3.8) is 0 Å². The van der Waals surface area contributed by atoms with Crippen molar-refractivity contribution < 1.29 is 23.8 Å². The highest BCUT2D eigenvalue weighted by Crippen LogP contribution is 2.23. The summed E-state index contributed by atoms with van der Waals surface area (Å²) in [4.78, 5) is 36.5. The van der Waals surface area contributed by atoms with E-state index in [1.807, 2.05) is 48.5 Å². The van der Waals surface area contributed by atoms with Gasteiger partial charge in [-0.2, -0.15) is 0 Å². The molecule has 0 saturated carbocycles. The number of nitrogens with zero attached hydrogens (tertiary/aromatic N) is 3. The second-order valence-electron chi connectivity index (χ2n) is 8.67. The van der Waals surface area contributed by atoms with Gasteiger partial charge >= 0.3 is 12.1 Å². The summed E-state index contributed by atoms with van der Waals surface area (Å²) in [5, 5.41) is 3.72. The molecule has 2 atom stereocenters. The molecule has 0 unspecified atom stereocenters. The standard InChI is InChI=1S/C27H32N4O5S/c1-3-35-26(32)21-17-31(12-11-22(21)30-27(33)36-18-19-7-5-4-6-8-19)13-14-37-25-16-28-23-10-9-20(34-2)15-24(23)29-25/h4-10,15-16,21-22H,3,11-14,17-18H2,1-2H3,(H,30,33)/t21-,22+/m0/s1. The third-order valence-corrected chi connectivity index (χ3v) is 7.07. The smallest absolute Gasteiger partial charge is 0.407 e. The van der Waals surface area contributed by atoms with E-state index in [1.54, 1.807) is 32.0 Å².